The van der Waals surface area contributed by atoms with Gasteiger partial charge in [0.1, 0.15) is 11.3 Å². The van der Waals surface area contributed by atoms with E-state index in [0.717, 1.165) is 10.0 Å². The number of hydrogen-bond donors (Lipinski definition) is 0. The Morgan fingerprint density at radius 2 is 1.81 bits per heavy atom. The Bertz CT molecular complexity index is 1220. The highest BCUT2D eigenvalue weighted by Crippen LogP contribution is 2.27. The summed E-state index contributed by atoms with van der Waals surface area (Å²) in [6.07, 6.45) is 1.69. The van der Waals surface area contributed by atoms with E-state index in [1.54, 1.807) is 15.2 Å². The molecule has 138 valence electrons. The van der Waals surface area contributed by atoms with E-state index in [4.69, 9.17) is 11.6 Å². The number of rotatable bonds is 2. The molecule has 0 radical (unpaired) electrons. The normalized spacial score (nSPS) is 12.2. The van der Waals surface area contributed by atoms with Gasteiger partial charge in [0.25, 0.3) is 0 Å². The maximum absolute atomic E-state index is 13.5. The van der Waals surface area contributed by atoms with Crippen LogP contribution in [0.15, 0.2) is 45.8 Å². The van der Waals surface area contributed by atoms with Crippen molar-refractivity contribution in [1.29, 1.82) is 0 Å². The predicted octanol–water partition coefficient (Wildman–Crippen LogP) is 4.20. The maximum Gasteiger partial charge on any atom is 0.336 e. The van der Waals surface area contributed by atoms with E-state index in [1.807, 2.05) is 51.1 Å². The van der Waals surface area contributed by atoms with Crippen molar-refractivity contribution in [2.75, 3.05) is 0 Å². The van der Waals surface area contributed by atoms with E-state index >= 15 is 0 Å². The highest BCUT2D eigenvalue weighted by molar-refractivity contribution is 9.10. The number of hydrogen-bond acceptors (Lipinski definition) is 4. The van der Waals surface area contributed by atoms with Gasteiger partial charge in [0.2, 0.25) is 0 Å². The summed E-state index contributed by atoms with van der Waals surface area (Å²) in [7, 11) is 0. The summed E-state index contributed by atoms with van der Waals surface area (Å²) < 4.78 is 4.04. The van der Waals surface area contributed by atoms with Crippen molar-refractivity contribution in [2.24, 2.45) is 0 Å². The quantitative estimate of drug-likeness (QED) is 0.463. The minimum absolute atomic E-state index is 0.198. The van der Waals surface area contributed by atoms with E-state index in [9.17, 15) is 4.79 Å². The van der Waals surface area contributed by atoms with Gasteiger partial charge < -0.3 is 0 Å². The molecule has 3 heterocycles. The van der Waals surface area contributed by atoms with Gasteiger partial charge in [-0.2, -0.15) is 0 Å². The molecule has 0 saturated heterocycles. The second kappa shape index (κ2) is 6.42. The standard InChI is InChI=1S/C19H17BrClN5O/c1-19(2,3)17-24-23-16-14-15(13(20)8-9-22-14)25(18(27)26(16)17)10-11-4-6-12(21)7-5-11/h4-9H,10H2,1-3H3. The lowest BCUT2D eigenvalue weighted by molar-refractivity contribution is 0.530. The van der Waals surface area contributed by atoms with Gasteiger partial charge in [0, 0.05) is 21.1 Å². The molecular weight excluding hydrogens is 430 g/mol. The van der Waals surface area contributed by atoms with Gasteiger partial charge in [-0.05, 0) is 39.7 Å². The molecule has 0 unspecified atom stereocenters. The van der Waals surface area contributed by atoms with Crippen LogP contribution in [0.2, 0.25) is 5.02 Å². The number of aromatic nitrogens is 5. The van der Waals surface area contributed by atoms with Crippen LogP contribution in [0.1, 0.15) is 32.2 Å². The van der Waals surface area contributed by atoms with Gasteiger partial charge in [-0.1, -0.05) is 44.5 Å². The Balaban J connectivity index is 2.10. The fourth-order valence-electron chi connectivity index (χ4n) is 3.09. The topological polar surface area (TPSA) is 65.1 Å². The smallest absolute Gasteiger partial charge is 0.286 e. The third-order valence-corrected chi connectivity index (χ3v) is 5.26. The van der Waals surface area contributed by atoms with Gasteiger partial charge in [-0.25, -0.2) is 9.20 Å². The van der Waals surface area contributed by atoms with Crippen molar-refractivity contribution < 1.29 is 0 Å². The van der Waals surface area contributed by atoms with Crippen LogP contribution < -0.4 is 5.69 Å². The first kappa shape index (κ1) is 18.1. The molecule has 0 aliphatic rings. The first-order valence-electron chi connectivity index (χ1n) is 8.44. The Kier molecular flexibility index (Phi) is 4.31. The van der Waals surface area contributed by atoms with E-state index in [-0.39, 0.29) is 11.1 Å². The zero-order chi connectivity index (χ0) is 19.3. The molecule has 0 amide bonds. The van der Waals surface area contributed by atoms with Crippen molar-refractivity contribution in [3.8, 4) is 0 Å². The van der Waals surface area contributed by atoms with E-state index in [2.05, 4.69) is 31.1 Å². The number of nitrogens with zero attached hydrogens (tertiary/aromatic N) is 5. The molecular formula is C19H17BrClN5O. The van der Waals surface area contributed by atoms with Crippen LogP contribution in [0.5, 0.6) is 0 Å². The van der Waals surface area contributed by atoms with Gasteiger partial charge in [0.05, 0.1) is 12.1 Å². The summed E-state index contributed by atoms with van der Waals surface area (Å²) in [5.41, 5.74) is 2.21. The second-order valence-corrected chi connectivity index (χ2v) is 8.71. The zero-order valence-electron chi connectivity index (χ0n) is 15.1. The molecule has 8 heteroatoms. The lowest BCUT2D eigenvalue weighted by atomic mass is 9.96. The van der Waals surface area contributed by atoms with Crippen LogP contribution >= 0.6 is 27.5 Å². The van der Waals surface area contributed by atoms with Crippen LogP contribution in [-0.2, 0) is 12.0 Å². The van der Waals surface area contributed by atoms with Gasteiger partial charge in [-0.3, -0.25) is 9.55 Å². The second-order valence-electron chi connectivity index (χ2n) is 7.42. The molecule has 0 N–H and O–H groups in total. The molecule has 0 spiro atoms. The highest BCUT2D eigenvalue weighted by Gasteiger charge is 2.26. The molecule has 0 atom stereocenters. The lowest BCUT2D eigenvalue weighted by Gasteiger charge is -2.17. The van der Waals surface area contributed by atoms with Crippen molar-refractivity contribution in [2.45, 2.75) is 32.7 Å². The van der Waals surface area contributed by atoms with Crippen molar-refractivity contribution in [3.05, 3.63) is 67.9 Å². The molecule has 3 aromatic heterocycles. The summed E-state index contributed by atoms with van der Waals surface area (Å²) in [6.45, 7) is 6.40. The summed E-state index contributed by atoms with van der Waals surface area (Å²) in [5.74, 6) is 0.607. The molecule has 4 aromatic rings. The summed E-state index contributed by atoms with van der Waals surface area (Å²) >= 11 is 9.55. The number of pyridine rings is 1. The van der Waals surface area contributed by atoms with E-state index in [1.165, 1.54) is 0 Å². The fourth-order valence-corrected chi connectivity index (χ4v) is 3.74. The summed E-state index contributed by atoms with van der Waals surface area (Å²) in [4.78, 5) is 18.0. The third kappa shape index (κ3) is 3.04. The van der Waals surface area contributed by atoms with Crippen LogP contribution in [0.25, 0.3) is 16.7 Å². The number of benzene rings is 1. The average molecular weight is 447 g/mol. The SMILES string of the molecule is CC(C)(C)c1nnc2c3nccc(Br)c3n(Cc3ccc(Cl)cc3)c(=O)n12. The maximum atomic E-state index is 13.5. The monoisotopic (exact) mass is 445 g/mol. The minimum atomic E-state index is -0.337. The van der Waals surface area contributed by atoms with Gasteiger partial charge in [0.15, 0.2) is 5.65 Å². The van der Waals surface area contributed by atoms with Crippen molar-refractivity contribution >= 4 is 44.2 Å². The third-order valence-electron chi connectivity index (χ3n) is 4.37. The van der Waals surface area contributed by atoms with Crippen LogP contribution in [0, 0.1) is 0 Å². The van der Waals surface area contributed by atoms with Crippen molar-refractivity contribution in [1.82, 2.24) is 24.1 Å². The molecule has 4 rings (SSSR count). The lowest BCUT2D eigenvalue weighted by Crippen LogP contribution is -2.31. The van der Waals surface area contributed by atoms with E-state index < -0.39 is 0 Å². The van der Waals surface area contributed by atoms with Crippen molar-refractivity contribution in [3.63, 3.8) is 0 Å². The minimum Gasteiger partial charge on any atom is -0.286 e. The molecule has 0 saturated carbocycles. The number of halogens is 2. The summed E-state index contributed by atoms with van der Waals surface area (Å²) in [5, 5.41) is 9.22. The Hall–Kier alpha value is -2.25. The molecule has 6 nitrogen and oxygen atoms in total. The Morgan fingerprint density at radius 3 is 2.48 bits per heavy atom. The van der Waals surface area contributed by atoms with E-state index in [0.29, 0.717) is 34.1 Å². The molecule has 0 aliphatic carbocycles. The molecule has 0 aliphatic heterocycles. The van der Waals surface area contributed by atoms with Crippen LogP contribution in [-0.4, -0.2) is 24.1 Å². The fraction of sp³-hybridized carbons (Fsp3) is 0.263. The summed E-state index contributed by atoms with van der Waals surface area (Å²) in [6, 6.07) is 9.26. The molecule has 0 bridgehead atoms. The predicted molar refractivity (Wildman–Crippen MR) is 110 cm³/mol. The Labute approximate surface area is 169 Å². The van der Waals surface area contributed by atoms with Gasteiger partial charge >= 0.3 is 5.69 Å². The zero-order valence-corrected chi connectivity index (χ0v) is 17.4. The number of fused-ring (bicyclic) bond motifs is 3. The Morgan fingerprint density at radius 1 is 1.11 bits per heavy atom. The molecule has 1 aromatic carbocycles. The largest absolute Gasteiger partial charge is 0.336 e. The molecule has 27 heavy (non-hydrogen) atoms. The first-order valence-corrected chi connectivity index (χ1v) is 9.61. The van der Waals surface area contributed by atoms with Crippen LogP contribution in [0.3, 0.4) is 0 Å². The van der Waals surface area contributed by atoms with Gasteiger partial charge in [-0.15, -0.1) is 10.2 Å². The molecule has 0 fully saturated rings. The average Bonchev–Trinajstić information content (AvgIpc) is 3.06. The first-order chi connectivity index (χ1) is 12.8. The highest BCUT2D eigenvalue weighted by atomic mass is 79.9. The van der Waals surface area contributed by atoms with Crippen LogP contribution in [0.4, 0.5) is 0 Å².